The quantitative estimate of drug-likeness (QED) is 0.849. The summed E-state index contributed by atoms with van der Waals surface area (Å²) in [5.41, 5.74) is 6.35. The lowest BCUT2D eigenvalue weighted by Crippen LogP contribution is -2.23. The number of hydrogen-bond acceptors (Lipinski definition) is 5. The van der Waals surface area contributed by atoms with Crippen LogP contribution >= 0.6 is 23.2 Å². The first-order chi connectivity index (χ1) is 9.04. The molecule has 0 aliphatic carbocycles. The minimum Gasteiger partial charge on any atom is -0.397 e. The maximum atomic E-state index is 11.5. The van der Waals surface area contributed by atoms with E-state index >= 15 is 0 Å². The molecule has 0 spiro atoms. The van der Waals surface area contributed by atoms with Gasteiger partial charge in [0, 0.05) is 6.54 Å². The number of halogens is 2. The summed E-state index contributed by atoms with van der Waals surface area (Å²) < 4.78 is 4.99. The third kappa shape index (κ3) is 2.64. The zero-order chi connectivity index (χ0) is 14.0. The monoisotopic (exact) mass is 300 g/mol. The summed E-state index contributed by atoms with van der Waals surface area (Å²) >= 11 is 11.9. The van der Waals surface area contributed by atoms with Crippen LogP contribution in [0.2, 0.25) is 10.0 Å². The topological polar surface area (TPSA) is 94.0 Å². The average molecular weight is 301 g/mol. The highest BCUT2D eigenvalue weighted by atomic mass is 35.5. The number of aromatic nitrogens is 2. The number of nitrogen functional groups attached to an aromatic ring is 1. The van der Waals surface area contributed by atoms with Crippen molar-refractivity contribution >= 4 is 34.8 Å². The van der Waals surface area contributed by atoms with Gasteiger partial charge in [-0.15, -0.1) is 0 Å². The lowest BCUT2D eigenvalue weighted by molar-refractivity contribution is 0.0942. The van der Waals surface area contributed by atoms with Crippen LogP contribution in [0.5, 0.6) is 0 Å². The minimum atomic E-state index is -0.436. The number of nitrogens with zero attached hydrogens (tertiary/aromatic N) is 2. The number of benzene rings is 1. The first kappa shape index (κ1) is 13.6. The second-order valence-electron chi connectivity index (χ2n) is 3.60. The maximum absolute atomic E-state index is 11.5. The standard InChI is InChI=1S/C11H10Cl2N4O2/c1-2-15-10(18)9-16-11(19-17-9)7-5(12)3-4-6(13)8(7)14/h3-4H,2,14H2,1H3,(H,15,18). The molecule has 0 unspecified atom stereocenters. The van der Waals surface area contributed by atoms with Gasteiger partial charge >= 0.3 is 0 Å². The Bertz CT molecular complexity index is 627. The molecule has 1 amide bonds. The van der Waals surface area contributed by atoms with Crippen molar-refractivity contribution in [2.24, 2.45) is 0 Å². The molecule has 2 rings (SSSR count). The number of carbonyl (C=O) groups excluding carboxylic acids is 1. The molecular formula is C11H10Cl2N4O2. The molecule has 1 heterocycles. The van der Waals surface area contributed by atoms with Gasteiger partial charge in [0.2, 0.25) is 0 Å². The molecule has 1 aromatic carbocycles. The van der Waals surface area contributed by atoms with E-state index in [1.807, 2.05) is 0 Å². The Morgan fingerprint density at radius 2 is 2.11 bits per heavy atom. The van der Waals surface area contributed by atoms with Crippen molar-refractivity contribution in [1.82, 2.24) is 15.5 Å². The number of anilines is 1. The molecule has 0 bridgehead atoms. The van der Waals surface area contributed by atoms with Crippen LogP contribution in [0.1, 0.15) is 17.5 Å². The Labute approximate surface area is 118 Å². The molecule has 0 atom stereocenters. The van der Waals surface area contributed by atoms with Gasteiger partial charge in [0.05, 0.1) is 21.3 Å². The summed E-state index contributed by atoms with van der Waals surface area (Å²) in [5, 5.41) is 6.75. The number of nitrogens with two attached hydrogens (primary N) is 1. The molecule has 6 nitrogen and oxygen atoms in total. The summed E-state index contributed by atoms with van der Waals surface area (Å²) in [7, 11) is 0. The van der Waals surface area contributed by atoms with Crippen LogP contribution in [0.4, 0.5) is 5.69 Å². The van der Waals surface area contributed by atoms with E-state index in [9.17, 15) is 4.79 Å². The van der Waals surface area contributed by atoms with Crippen molar-refractivity contribution in [2.45, 2.75) is 6.92 Å². The number of amides is 1. The smallest absolute Gasteiger partial charge is 0.292 e. The van der Waals surface area contributed by atoms with Crippen molar-refractivity contribution in [2.75, 3.05) is 12.3 Å². The number of rotatable bonds is 3. The molecule has 0 saturated heterocycles. The third-order valence-corrected chi connectivity index (χ3v) is 2.97. The molecule has 0 fully saturated rings. The Hall–Kier alpha value is -1.79. The van der Waals surface area contributed by atoms with E-state index in [1.165, 1.54) is 0 Å². The fraction of sp³-hybridized carbons (Fsp3) is 0.182. The van der Waals surface area contributed by atoms with Crippen LogP contribution in [0.15, 0.2) is 16.7 Å². The van der Waals surface area contributed by atoms with Crippen LogP contribution in [0.25, 0.3) is 11.5 Å². The predicted molar refractivity (Wildman–Crippen MR) is 72.2 cm³/mol. The van der Waals surface area contributed by atoms with Crippen molar-refractivity contribution in [1.29, 1.82) is 0 Å². The third-order valence-electron chi connectivity index (χ3n) is 2.32. The van der Waals surface area contributed by atoms with Crippen molar-refractivity contribution in [3.8, 4) is 11.5 Å². The van der Waals surface area contributed by atoms with Crippen LogP contribution in [0, 0.1) is 0 Å². The van der Waals surface area contributed by atoms with Gasteiger partial charge in [0.1, 0.15) is 0 Å². The first-order valence-corrected chi connectivity index (χ1v) is 6.16. The minimum absolute atomic E-state index is 0.0475. The van der Waals surface area contributed by atoms with E-state index in [0.717, 1.165) is 0 Å². The van der Waals surface area contributed by atoms with Gasteiger partial charge in [-0.2, -0.15) is 4.98 Å². The Morgan fingerprint density at radius 3 is 2.79 bits per heavy atom. The molecule has 0 aliphatic heterocycles. The van der Waals surface area contributed by atoms with Crippen molar-refractivity contribution in [3.05, 3.63) is 28.0 Å². The fourth-order valence-electron chi connectivity index (χ4n) is 1.44. The molecule has 100 valence electrons. The highest BCUT2D eigenvalue weighted by molar-refractivity contribution is 6.37. The first-order valence-electron chi connectivity index (χ1n) is 5.40. The summed E-state index contributed by atoms with van der Waals surface area (Å²) in [4.78, 5) is 15.5. The second kappa shape index (κ2) is 5.46. The zero-order valence-electron chi connectivity index (χ0n) is 9.91. The predicted octanol–water partition coefficient (Wildman–Crippen LogP) is 2.38. The van der Waals surface area contributed by atoms with Gasteiger partial charge in [0.15, 0.2) is 0 Å². The lowest BCUT2D eigenvalue weighted by Gasteiger charge is -2.04. The molecule has 19 heavy (non-hydrogen) atoms. The highest BCUT2D eigenvalue weighted by Crippen LogP contribution is 2.36. The summed E-state index contributed by atoms with van der Waals surface area (Å²) in [6, 6.07) is 3.12. The highest BCUT2D eigenvalue weighted by Gasteiger charge is 2.20. The van der Waals surface area contributed by atoms with E-state index < -0.39 is 5.91 Å². The Morgan fingerprint density at radius 1 is 1.42 bits per heavy atom. The van der Waals surface area contributed by atoms with E-state index in [-0.39, 0.29) is 17.4 Å². The Balaban J connectivity index is 2.44. The number of nitrogens with one attached hydrogen (secondary N) is 1. The van der Waals surface area contributed by atoms with Crippen LogP contribution in [-0.2, 0) is 0 Å². The van der Waals surface area contributed by atoms with Gasteiger partial charge in [-0.1, -0.05) is 28.4 Å². The molecule has 0 saturated carbocycles. The summed E-state index contributed by atoms with van der Waals surface area (Å²) in [5.74, 6) is -0.479. The maximum Gasteiger partial charge on any atom is 0.292 e. The zero-order valence-corrected chi connectivity index (χ0v) is 11.4. The molecule has 0 radical (unpaired) electrons. The molecule has 8 heteroatoms. The summed E-state index contributed by atoms with van der Waals surface area (Å²) in [6.45, 7) is 2.24. The SMILES string of the molecule is CCNC(=O)c1noc(-c2c(Cl)ccc(Cl)c2N)n1. The van der Waals surface area contributed by atoms with Crippen molar-refractivity contribution in [3.63, 3.8) is 0 Å². The van der Waals surface area contributed by atoms with Crippen LogP contribution in [0.3, 0.4) is 0 Å². The number of hydrogen-bond donors (Lipinski definition) is 2. The van der Waals surface area contributed by atoms with E-state index in [0.29, 0.717) is 22.2 Å². The molecule has 0 aliphatic rings. The normalized spacial score (nSPS) is 10.5. The lowest BCUT2D eigenvalue weighted by atomic mass is 10.2. The van der Waals surface area contributed by atoms with E-state index in [2.05, 4.69) is 15.5 Å². The average Bonchev–Trinajstić information content (AvgIpc) is 2.84. The summed E-state index contributed by atoms with van der Waals surface area (Å²) in [6.07, 6.45) is 0. The van der Waals surface area contributed by atoms with Crippen LogP contribution < -0.4 is 11.1 Å². The van der Waals surface area contributed by atoms with Gasteiger partial charge < -0.3 is 15.6 Å². The van der Waals surface area contributed by atoms with E-state index in [1.54, 1.807) is 19.1 Å². The van der Waals surface area contributed by atoms with Gasteiger partial charge in [-0.3, -0.25) is 4.79 Å². The van der Waals surface area contributed by atoms with Crippen LogP contribution in [-0.4, -0.2) is 22.6 Å². The fourth-order valence-corrected chi connectivity index (χ4v) is 1.84. The van der Waals surface area contributed by atoms with Gasteiger partial charge in [-0.05, 0) is 19.1 Å². The largest absolute Gasteiger partial charge is 0.397 e. The second-order valence-corrected chi connectivity index (χ2v) is 4.41. The molecule has 2 aromatic rings. The molecule has 3 N–H and O–H groups in total. The van der Waals surface area contributed by atoms with E-state index in [4.69, 9.17) is 33.5 Å². The molecule has 1 aromatic heterocycles. The van der Waals surface area contributed by atoms with Gasteiger partial charge in [-0.25, -0.2) is 0 Å². The van der Waals surface area contributed by atoms with Crippen molar-refractivity contribution < 1.29 is 9.32 Å². The Kier molecular flexibility index (Phi) is 3.92. The molecular weight excluding hydrogens is 291 g/mol. The van der Waals surface area contributed by atoms with Gasteiger partial charge in [0.25, 0.3) is 17.6 Å². The number of carbonyl (C=O) groups is 1.